The van der Waals surface area contributed by atoms with E-state index in [-0.39, 0.29) is 5.97 Å². The van der Waals surface area contributed by atoms with E-state index in [1.54, 1.807) is 6.07 Å². The predicted molar refractivity (Wildman–Crippen MR) is 72.1 cm³/mol. The monoisotopic (exact) mass is 248 g/mol. The number of esters is 1. The van der Waals surface area contributed by atoms with Crippen molar-refractivity contribution >= 4 is 11.7 Å². The minimum absolute atomic E-state index is 0.276. The van der Waals surface area contributed by atoms with Crippen molar-refractivity contribution in [3.63, 3.8) is 0 Å². The van der Waals surface area contributed by atoms with Gasteiger partial charge in [-0.2, -0.15) is 0 Å². The summed E-state index contributed by atoms with van der Waals surface area (Å²) in [6.45, 7) is 2.05. The Labute approximate surface area is 108 Å². The molecule has 0 bridgehead atoms. The average molecular weight is 248 g/mol. The van der Waals surface area contributed by atoms with E-state index in [0.717, 1.165) is 31.6 Å². The molecule has 4 nitrogen and oxygen atoms in total. The number of hydrogen-bond acceptors (Lipinski definition) is 4. The van der Waals surface area contributed by atoms with Crippen LogP contribution >= 0.6 is 0 Å². The van der Waals surface area contributed by atoms with Crippen molar-refractivity contribution in [2.45, 2.75) is 18.9 Å². The van der Waals surface area contributed by atoms with Gasteiger partial charge >= 0.3 is 5.97 Å². The highest BCUT2D eigenvalue weighted by atomic mass is 16.5. The molecule has 2 rings (SSSR count). The first-order chi connectivity index (χ1) is 8.74. The van der Waals surface area contributed by atoms with E-state index in [0.29, 0.717) is 11.6 Å². The molecule has 98 valence electrons. The molecule has 1 aliphatic rings. The summed E-state index contributed by atoms with van der Waals surface area (Å²) in [5.74, 6) is -0.276. The van der Waals surface area contributed by atoms with Gasteiger partial charge in [-0.1, -0.05) is 6.07 Å². The van der Waals surface area contributed by atoms with Crippen molar-refractivity contribution in [1.29, 1.82) is 0 Å². The van der Waals surface area contributed by atoms with Crippen molar-refractivity contribution in [1.82, 2.24) is 5.32 Å². The number of methoxy groups -OCH3 is 1. The summed E-state index contributed by atoms with van der Waals surface area (Å²) in [6.07, 6.45) is 2.28. The molecule has 0 atom stereocenters. The van der Waals surface area contributed by atoms with Crippen LogP contribution in [0, 0.1) is 0 Å². The minimum Gasteiger partial charge on any atom is -0.465 e. The van der Waals surface area contributed by atoms with Crippen LogP contribution in [0.1, 0.15) is 23.2 Å². The van der Waals surface area contributed by atoms with Gasteiger partial charge in [0.25, 0.3) is 0 Å². The fourth-order valence-electron chi connectivity index (χ4n) is 2.37. The van der Waals surface area contributed by atoms with Crippen LogP contribution in [-0.2, 0) is 4.74 Å². The first kappa shape index (κ1) is 12.9. The van der Waals surface area contributed by atoms with E-state index < -0.39 is 0 Å². The Morgan fingerprint density at radius 1 is 1.39 bits per heavy atom. The quantitative estimate of drug-likeness (QED) is 0.826. The fraction of sp³-hybridized carbons (Fsp3) is 0.500. The summed E-state index contributed by atoms with van der Waals surface area (Å²) >= 11 is 0. The number of piperidine rings is 1. The Balaban J connectivity index is 2.07. The molecule has 0 aromatic heterocycles. The second-order valence-corrected chi connectivity index (χ2v) is 4.59. The van der Waals surface area contributed by atoms with Crippen LogP contribution in [0.3, 0.4) is 0 Å². The minimum atomic E-state index is -0.276. The molecule has 1 aliphatic heterocycles. The lowest BCUT2D eigenvalue weighted by atomic mass is 10.0. The van der Waals surface area contributed by atoms with E-state index in [4.69, 9.17) is 4.74 Å². The Kier molecular flexibility index (Phi) is 4.20. The van der Waals surface area contributed by atoms with Gasteiger partial charge in [0.05, 0.1) is 12.7 Å². The first-order valence-corrected chi connectivity index (χ1v) is 6.35. The van der Waals surface area contributed by atoms with Crippen LogP contribution in [0.25, 0.3) is 0 Å². The lowest BCUT2D eigenvalue weighted by molar-refractivity contribution is 0.0601. The zero-order valence-corrected chi connectivity index (χ0v) is 11.0. The number of hydrogen-bond donors (Lipinski definition) is 1. The van der Waals surface area contributed by atoms with Gasteiger partial charge in [-0.3, -0.25) is 0 Å². The van der Waals surface area contributed by atoms with Gasteiger partial charge in [-0.15, -0.1) is 0 Å². The van der Waals surface area contributed by atoms with E-state index in [1.165, 1.54) is 7.11 Å². The molecule has 0 radical (unpaired) electrons. The smallest absolute Gasteiger partial charge is 0.337 e. The van der Waals surface area contributed by atoms with Gasteiger partial charge in [0.2, 0.25) is 0 Å². The summed E-state index contributed by atoms with van der Waals surface area (Å²) in [6, 6.07) is 8.27. The van der Waals surface area contributed by atoms with Crippen LogP contribution in [0.2, 0.25) is 0 Å². The van der Waals surface area contributed by atoms with Gasteiger partial charge in [0, 0.05) is 24.8 Å². The lowest BCUT2D eigenvalue weighted by Crippen LogP contribution is -2.41. The summed E-state index contributed by atoms with van der Waals surface area (Å²) in [7, 11) is 3.42. The molecule has 0 amide bonds. The fourth-order valence-corrected chi connectivity index (χ4v) is 2.37. The van der Waals surface area contributed by atoms with Crippen LogP contribution in [-0.4, -0.2) is 39.3 Å². The van der Waals surface area contributed by atoms with Gasteiger partial charge in [-0.05, 0) is 38.1 Å². The summed E-state index contributed by atoms with van der Waals surface area (Å²) in [5, 5.41) is 3.31. The zero-order chi connectivity index (χ0) is 13.0. The van der Waals surface area contributed by atoms with Gasteiger partial charge in [0.1, 0.15) is 0 Å². The Morgan fingerprint density at radius 2 is 2.11 bits per heavy atom. The SMILES string of the molecule is CNC1CCN(c2cccc(C(=O)OC)c2)CC1. The first-order valence-electron chi connectivity index (χ1n) is 6.35. The normalized spacial score (nSPS) is 16.7. The number of rotatable bonds is 3. The molecule has 1 heterocycles. The van der Waals surface area contributed by atoms with Crippen molar-refractivity contribution in [2.75, 3.05) is 32.1 Å². The number of ether oxygens (including phenoxy) is 1. The predicted octanol–water partition coefficient (Wildman–Crippen LogP) is 1.66. The summed E-state index contributed by atoms with van der Waals surface area (Å²) in [4.78, 5) is 13.8. The Hall–Kier alpha value is -1.55. The molecule has 1 aromatic carbocycles. The summed E-state index contributed by atoms with van der Waals surface area (Å²) < 4.78 is 4.75. The van der Waals surface area contributed by atoms with Crippen molar-refractivity contribution in [3.8, 4) is 0 Å². The third-order valence-corrected chi connectivity index (χ3v) is 3.54. The van der Waals surface area contributed by atoms with Crippen LogP contribution in [0.4, 0.5) is 5.69 Å². The molecule has 18 heavy (non-hydrogen) atoms. The zero-order valence-electron chi connectivity index (χ0n) is 11.0. The maximum Gasteiger partial charge on any atom is 0.337 e. The molecule has 1 aromatic rings. The number of anilines is 1. The number of nitrogens with one attached hydrogen (secondary N) is 1. The van der Waals surface area contributed by atoms with E-state index in [1.807, 2.05) is 25.2 Å². The van der Waals surface area contributed by atoms with Gasteiger partial charge < -0.3 is 15.0 Å². The molecular formula is C14H20N2O2. The molecular weight excluding hydrogens is 228 g/mol. The van der Waals surface area contributed by atoms with Crippen molar-refractivity contribution in [3.05, 3.63) is 29.8 Å². The highest BCUT2D eigenvalue weighted by Crippen LogP contribution is 2.21. The van der Waals surface area contributed by atoms with Crippen LogP contribution in [0.15, 0.2) is 24.3 Å². The highest BCUT2D eigenvalue weighted by molar-refractivity contribution is 5.90. The Morgan fingerprint density at radius 3 is 2.72 bits per heavy atom. The van der Waals surface area contributed by atoms with E-state index in [2.05, 4.69) is 10.2 Å². The van der Waals surface area contributed by atoms with E-state index >= 15 is 0 Å². The van der Waals surface area contributed by atoms with Gasteiger partial charge in [-0.25, -0.2) is 4.79 Å². The number of carbonyl (C=O) groups is 1. The molecule has 0 aliphatic carbocycles. The van der Waals surface area contributed by atoms with E-state index in [9.17, 15) is 4.79 Å². The Bertz CT molecular complexity index is 412. The van der Waals surface area contributed by atoms with Crippen molar-refractivity contribution in [2.24, 2.45) is 0 Å². The van der Waals surface area contributed by atoms with Crippen molar-refractivity contribution < 1.29 is 9.53 Å². The maximum absolute atomic E-state index is 11.5. The third kappa shape index (κ3) is 2.82. The largest absolute Gasteiger partial charge is 0.465 e. The highest BCUT2D eigenvalue weighted by Gasteiger charge is 2.18. The summed E-state index contributed by atoms with van der Waals surface area (Å²) in [5.41, 5.74) is 1.72. The molecule has 0 unspecified atom stereocenters. The molecule has 1 saturated heterocycles. The molecule has 0 spiro atoms. The standard InChI is InChI=1S/C14H20N2O2/c1-15-12-6-8-16(9-7-12)13-5-3-4-11(10-13)14(17)18-2/h3-5,10,12,15H,6-9H2,1-2H3. The molecule has 1 fully saturated rings. The third-order valence-electron chi connectivity index (χ3n) is 3.54. The molecule has 4 heteroatoms. The van der Waals surface area contributed by atoms with Crippen LogP contribution < -0.4 is 10.2 Å². The number of benzene rings is 1. The average Bonchev–Trinajstić information content (AvgIpc) is 2.46. The number of nitrogens with zero attached hydrogens (tertiary/aromatic N) is 1. The topological polar surface area (TPSA) is 41.6 Å². The molecule has 0 saturated carbocycles. The maximum atomic E-state index is 11.5. The number of carbonyl (C=O) groups excluding carboxylic acids is 1. The van der Waals surface area contributed by atoms with Gasteiger partial charge in [0.15, 0.2) is 0 Å². The second-order valence-electron chi connectivity index (χ2n) is 4.59. The lowest BCUT2D eigenvalue weighted by Gasteiger charge is -2.33. The molecule has 1 N–H and O–H groups in total. The van der Waals surface area contributed by atoms with Crippen LogP contribution in [0.5, 0.6) is 0 Å². The second kappa shape index (κ2) is 5.87.